The summed E-state index contributed by atoms with van der Waals surface area (Å²) in [6, 6.07) is 7.60. The molecule has 0 aliphatic heterocycles. The van der Waals surface area contributed by atoms with E-state index in [1.807, 2.05) is 0 Å². The zero-order valence-electron chi connectivity index (χ0n) is 14.0. The molecule has 0 unspecified atom stereocenters. The van der Waals surface area contributed by atoms with Crippen molar-refractivity contribution in [2.75, 3.05) is 31.9 Å². The van der Waals surface area contributed by atoms with Gasteiger partial charge >= 0.3 is 5.97 Å². The zero-order valence-corrected chi connectivity index (χ0v) is 15.5. The Kier molecular flexibility index (Phi) is 6.54. The summed E-state index contributed by atoms with van der Waals surface area (Å²) in [5.41, 5.74) is 6.11. The lowest BCUT2D eigenvalue weighted by atomic mass is 10.2. The first-order valence-corrected chi connectivity index (χ1v) is 8.04. The molecule has 0 aliphatic rings. The van der Waals surface area contributed by atoms with Gasteiger partial charge in [0.25, 0.3) is 5.91 Å². The van der Waals surface area contributed by atoms with Crippen molar-refractivity contribution in [3.05, 3.63) is 45.9 Å². The monoisotopic (exact) mass is 398 g/mol. The van der Waals surface area contributed by atoms with E-state index in [4.69, 9.17) is 43.1 Å². The number of benzene rings is 2. The molecule has 1 amide bonds. The van der Waals surface area contributed by atoms with Gasteiger partial charge in [-0.2, -0.15) is 0 Å². The average molecular weight is 399 g/mol. The molecule has 2 aromatic rings. The standard InChI is InChI=1S/C17H16Cl2N2O5/c1-24-10-3-4-14(25-2)13(7-10)21-15(22)8-26-17(23)11-5-9(18)6-12(19)16(11)20/h3-7H,8,20H2,1-2H3,(H,21,22). The Hall–Kier alpha value is -2.64. The van der Waals surface area contributed by atoms with E-state index in [1.54, 1.807) is 18.2 Å². The maximum atomic E-state index is 12.1. The highest BCUT2D eigenvalue weighted by Gasteiger charge is 2.17. The van der Waals surface area contributed by atoms with Crippen molar-refractivity contribution in [3.8, 4) is 11.5 Å². The Labute approximate surface area is 159 Å². The highest BCUT2D eigenvalue weighted by molar-refractivity contribution is 6.37. The van der Waals surface area contributed by atoms with E-state index in [0.717, 1.165) is 0 Å². The van der Waals surface area contributed by atoms with Crippen molar-refractivity contribution in [2.24, 2.45) is 0 Å². The van der Waals surface area contributed by atoms with E-state index in [9.17, 15) is 9.59 Å². The second-order valence-corrected chi connectivity index (χ2v) is 5.88. The summed E-state index contributed by atoms with van der Waals surface area (Å²) in [7, 11) is 2.96. The van der Waals surface area contributed by atoms with E-state index in [0.29, 0.717) is 17.2 Å². The molecule has 0 bridgehead atoms. The summed E-state index contributed by atoms with van der Waals surface area (Å²) in [5, 5.41) is 2.92. The number of nitrogen functional groups attached to an aromatic ring is 1. The van der Waals surface area contributed by atoms with Gasteiger partial charge in [0.15, 0.2) is 6.61 Å². The molecule has 2 rings (SSSR count). The number of hydrogen-bond donors (Lipinski definition) is 2. The molecule has 26 heavy (non-hydrogen) atoms. The maximum absolute atomic E-state index is 12.1. The van der Waals surface area contributed by atoms with Crippen LogP contribution in [-0.2, 0) is 9.53 Å². The second-order valence-electron chi connectivity index (χ2n) is 5.04. The maximum Gasteiger partial charge on any atom is 0.340 e. The largest absolute Gasteiger partial charge is 0.497 e. The Morgan fingerprint density at radius 3 is 2.50 bits per heavy atom. The van der Waals surface area contributed by atoms with Crippen molar-refractivity contribution >= 4 is 46.5 Å². The molecule has 2 aromatic carbocycles. The van der Waals surface area contributed by atoms with Crippen molar-refractivity contribution in [1.29, 1.82) is 0 Å². The molecule has 0 saturated carbocycles. The molecule has 138 valence electrons. The highest BCUT2D eigenvalue weighted by Crippen LogP contribution is 2.29. The molecular formula is C17H16Cl2N2O5. The number of anilines is 2. The van der Waals surface area contributed by atoms with Crippen LogP contribution in [0.25, 0.3) is 0 Å². The van der Waals surface area contributed by atoms with Gasteiger partial charge in [0.2, 0.25) is 0 Å². The molecule has 0 fully saturated rings. The van der Waals surface area contributed by atoms with Crippen LogP contribution in [0, 0.1) is 0 Å². The fourth-order valence-electron chi connectivity index (χ4n) is 2.06. The number of halogens is 2. The number of nitrogens with one attached hydrogen (secondary N) is 1. The molecular weight excluding hydrogens is 383 g/mol. The molecule has 0 saturated heterocycles. The second kappa shape index (κ2) is 8.64. The number of methoxy groups -OCH3 is 2. The number of nitrogens with two attached hydrogens (primary N) is 1. The lowest BCUT2D eigenvalue weighted by molar-refractivity contribution is -0.119. The van der Waals surface area contributed by atoms with Crippen LogP contribution in [0.5, 0.6) is 11.5 Å². The van der Waals surface area contributed by atoms with Gasteiger partial charge in [0.05, 0.1) is 36.2 Å². The van der Waals surface area contributed by atoms with Crippen LogP contribution in [0.2, 0.25) is 10.0 Å². The van der Waals surface area contributed by atoms with Gasteiger partial charge in [-0.3, -0.25) is 4.79 Å². The number of hydrogen-bond acceptors (Lipinski definition) is 6. The molecule has 0 aromatic heterocycles. The van der Waals surface area contributed by atoms with Gasteiger partial charge in [0, 0.05) is 11.1 Å². The Morgan fingerprint density at radius 1 is 1.12 bits per heavy atom. The quantitative estimate of drug-likeness (QED) is 0.571. The normalized spacial score (nSPS) is 10.2. The van der Waals surface area contributed by atoms with Gasteiger partial charge in [-0.05, 0) is 24.3 Å². The Bertz CT molecular complexity index is 842. The number of esters is 1. The molecule has 0 aliphatic carbocycles. The van der Waals surface area contributed by atoms with Gasteiger partial charge in [-0.1, -0.05) is 23.2 Å². The van der Waals surface area contributed by atoms with Gasteiger partial charge < -0.3 is 25.3 Å². The third kappa shape index (κ3) is 4.71. The van der Waals surface area contributed by atoms with Crippen LogP contribution in [0.4, 0.5) is 11.4 Å². The number of carbonyl (C=O) groups is 2. The van der Waals surface area contributed by atoms with E-state index >= 15 is 0 Å². The predicted molar refractivity (Wildman–Crippen MR) is 99.3 cm³/mol. The smallest absolute Gasteiger partial charge is 0.340 e. The number of amides is 1. The SMILES string of the molecule is COc1ccc(OC)c(NC(=O)COC(=O)c2cc(Cl)cc(Cl)c2N)c1. The summed E-state index contributed by atoms with van der Waals surface area (Å²) in [4.78, 5) is 24.2. The minimum Gasteiger partial charge on any atom is -0.497 e. The minimum absolute atomic E-state index is 0.0192. The predicted octanol–water partition coefficient (Wildman–Crippen LogP) is 3.39. The van der Waals surface area contributed by atoms with Crippen LogP contribution in [0.15, 0.2) is 30.3 Å². The average Bonchev–Trinajstić information content (AvgIpc) is 2.62. The summed E-state index contributed by atoms with van der Waals surface area (Å²) >= 11 is 11.7. The Morgan fingerprint density at radius 2 is 1.85 bits per heavy atom. The van der Waals surface area contributed by atoms with Crippen LogP contribution in [0.3, 0.4) is 0 Å². The van der Waals surface area contributed by atoms with Crippen LogP contribution >= 0.6 is 23.2 Å². The van der Waals surface area contributed by atoms with Gasteiger partial charge in [-0.25, -0.2) is 4.79 Å². The third-order valence-electron chi connectivity index (χ3n) is 3.33. The molecule has 0 heterocycles. The van der Waals surface area contributed by atoms with E-state index in [2.05, 4.69) is 5.32 Å². The lowest BCUT2D eigenvalue weighted by Gasteiger charge is -2.12. The fourth-order valence-corrected chi connectivity index (χ4v) is 2.55. The lowest BCUT2D eigenvalue weighted by Crippen LogP contribution is -2.21. The summed E-state index contributed by atoms with van der Waals surface area (Å²) in [6.45, 7) is -0.539. The van der Waals surface area contributed by atoms with E-state index < -0.39 is 18.5 Å². The summed E-state index contributed by atoms with van der Waals surface area (Å²) in [5.74, 6) is -0.438. The molecule has 0 atom stereocenters. The summed E-state index contributed by atoms with van der Waals surface area (Å²) in [6.07, 6.45) is 0. The minimum atomic E-state index is -0.820. The number of carbonyl (C=O) groups excluding carboxylic acids is 2. The first-order chi connectivity index (χ1) is 12.3. The topological polar surface area (TPSA) is 99.9 Å². The van der Waals surface area contributed by atoms with Crippen molar-refractivity contribution in [2.45, 2.75) is 0 Å². The number of rotatable bonds is 6. The van der Waals surface area contributed by atoms with Gasteiger partial charge in [0.1, 0.15) is 11.5 Å². The highest BCUT2D eigenvalue weighted by atomic mass is 35.5. The molecule has 9 heteroatoms. The van der Waals surface area contributed by atoms with Gasteiger partial charge in [-0.15, -0.1) is 0 Å². The number of ether oxygens (including phenoxy) is 3. The van der Waals surface area contributed by atoms with Crippen LogP contribution < -0.4 is 20.5 Å². The Balaban J connectivity index is 2.04. The van der Waals surface area contributed by atoms with Crippen LogP contribution in [0.1, 0.15) is 10.4 Å². The molecule has 0 spiro atoms. The summed E-state index contributed by atoms with van der Waals surface area (Å²) < 4.78 is 15.2. The molecule has 0 radical (unpaired) electrons. The van der Waals surface area contributed by atoms with Crippen LogP contribution in [-0.4, -0.2) is 32.7 Å². The van der Waals surface area contributed by atoms with E-state index in [1.165, 1.54) is 26.4 Å². The first-order valence-electron chi connectivity index (χ1n) is 7.29. The first kappa shape index (κ1) is 19.7. The van der Waals surface area contributed by atoms with Crippen molar-refractivity contribution in [1.82, 2.24) is 0 Å². The zero-order chi connectivity index (χ0) is 19.3. The van der Waals surface area contributed by atoms with E-state index in [-0.39, 0.29) is 21.3 Å². The third-order valence-corrected chi connectivity index (χ3v) is 3.86. The van der Waals surface area contributed by atoms with Crippen molar-refractivity contribution < 1.29 is 23.8 Å². The molecule has 7 nitrogen and oxygen atoms in total. The fraction of sp³-hybridized carbons (Fsp3) is 0.176. The van der Waals surface area contributed by atoms with Crippen molar-refractivity contribution in [3.63, 3.8) is 0 Å². The molecule has 3 N–H and O–H groups in total.